The summed E-state index contributed by atoms with van der Waals surface area (Å²) in [6.07, 6.45) is 0. The summed E-state index contributed by atoms with van der Waals surface area (Å²) in [5.74, 6) is 0.781. The van der Waals surface area contributed by atoms with Crippen LogP contribution < -0.4 is 0 Å². The third-order valence-corrected chi connectivity index (χ3v) is 2.23. The minimum Gasteiger partial charge on any atom is -0.396 e. The molecule has 1 heteroatoms. The van der Waals surface area contributed by atoms with E-state index in [1.54, 1.807) is 0 Å². The number of rotatable bonds is 3. The van der Waals surface area contributed by atoms with Crippen molar-refractivity contribution in [2.45, 2.75) is 33.6 Å². The van der Waals surface area contributed by atoms with Gasteiger partial charge in [0.1, 0.15) is 0 Å². The summed E-state index contributed by atoms with van der Waals surface area (Å²) < 4.78 is 0. The Morgan fingerprint density at radius 1 is 1.07 bits per heavy atom. The minimum absolute atomic E-state index is 0.238. The van der Waals surface area contributed by atoms with E-state index in [0.717, 1.165) is 0 Å². The van der Waals surface area contributed by atoms with Crippen molar-refractivity contribution in [3.63, 3.8) is 0 Å². The Labute approximate surface area is 87.8 Å². The third kappa shape index (κ3) is 3.93. The smallest absolute Gasteiger partial charge is 0.0502 e. The van der Waals surface area contributed by atoms with Crippen molar-refractivity contribution in [1.82, 2.24) is 0 Å². The molecular weight excluding hydrogens is 172 g/mol. The predicted molar refractivity (Wildman–Crippen MR) is 62.5 cm³/mol. The van der Waals surface area contributed by atoms with Crippen LogP contribution in [0.25, 0.3) is 0 Å². The summed E-state index contributed by atoms with van der Waals surface area (Å²) in [5, 5.41) is 9.15. The van der Waals surface area contributed by atoms with Gasteiger partial charge < -0.3 is 5.11 Å². The van der Waals surface area contributed by atoms with Crippen molar-refractivity contribution >= 4 is 0 Å². The quantitative estimate of drug-likeness (QED) is 0.781. The van der Waals surface area contributed by atoms with Gasteiger partial charge in [0, 0.05) is 5.92 Å². The lowest BCUT2D eigenvalue weighted by atomic mass is 9.89. The van der Waals surface area contributed by atoms with Crippen molar-refractivity contribution in [3.05, 3.63) is 35.9 Å². The topological polar surface area (TPSA) is 20.2 Å². The van der Waals surface area contributed by atoms with Crippen molar-refractivity contribution in [2.75, 3.05) is 6.61 Å². The molecule has 0 aliphatic heterocycles. The highest BCUT2D eigenvalue weighted by atomic mass is 16.3. The van der Waals surface area contributed by atoms with Gasteiger partial charge in [0.25, 0.3) is 0 Å². The first-order chi connectivity index (χ1) is 6.75. The second-order valence-corrected chi connectivity index (χ2v) is 3.44. The molecule has 1 unspecified atom stereocenters. The normalized spacial score (nSPS) is 11.9. The average molecular weight is 194 g/mol. The number of hydrogen-bond donors (Lipinski definition) is 1. The number of aliphatic hydroxyl groups is 1. The Hall–Kier alpha value is -0.820. The summed E-state index contributed by atoms with van der Waals surface area (Å²) in [5.41, 5.74) is 1.23. The molecule has 0 aliphatic rings. The van der Waals surface area contributed by atoms with Gasteiger partial charge in [-0.15, -0.1) is 0 Å². The maximum Gasteiger partial charge on any atom is 0.0502 e. The summed E-state index contributed by atoms with van der Waals surface area (Å²) >= 11 is 0. The lowest BCUT2D eigenvalue weighted by molar-refractivity contribution is 0.237. The molecule has 0 aromatic heterocycles. The van der Waals surface area contributed by atoms with Crippen LogP contribution in [-0.2, 0) is 0 Å². The molecule has 1 rings (SSSR count). The molecule has 0 radical (unpaired) electrons. The van der Waals surface area contributed by atoms with Crippen LogP contribution in [0.2, 0.25) is 0 Å². The van der Waals surface area contributed by atoms with Gasteiger partial charge >= 0.3 is 0 Å². The van der Waals surface area contributed by atoms with E-state index in [9.17, 15) is 0 Å². The van der Waals surface area contributed by atoms with E-state index in [-0.39, 0.29) is 12.5 Å². The van der Waals surface area contributed by atoms with Gasteiger partial charge in [0.05, 0.1) is 6.61 Å². The first-order valence-corrected chi connectivity index (χ1v) is 5.41. The molecule has 14 heavy (non-hydrogen) atoms. The molecule has 0 aliphatic carbocycles. The molecule has 0 spiro atoms. The summed E-state index contributed by atoms with van der Waals surface area (Å²) in [7, 11) is 0. The van der Waals surface area contributed by atoms with E-state index in [4.69, 9.17) is 5.11 Å². The SMILES string of the molecule is CC.CC(C)C(CO)c1ccccc1. The molecule has 0 heterocycles. The molecule has 1 N–H and O–H groups in total. The van der Waals surface area contributed by atoms with Gasteiger partial charge in [0.15, 0.2) is 0 Å². The van der Waals surface area contributed by atoms with E-state index < -0.39 is 0 Å². The standard InChI is InChI=1S/C11H16O.C2H6/c1-9(2)11(8-12)10-6-4-3-5-7-10;1-2/h3-7,9,11-12H,8H2,1-2H3;1-2H3. The molecule has 0 fully saturated rings. The highest BCUT2D eigenvalue weighted by molar-refractivity contribution is 5.19. The van der Waals surface area contributed by atoms with Crippen LogP contribution in [0.3, 0.4) is 0 Å². The van der Waals surface area contributed by atoms with Crippen LogP contribution in [0.5, 0.6) is 0 Å². The molecule has 0 amide bonds. The molecular formula is C13H22O. The zero-order chi connectivity index (χ0) is 11.0. The van der Waals surface area contributed by atoms with E-state index in [1.807, 2.05) is 32.0 Å². The second-order valence-electron chi connectivity index (χ2n) is 3.44. The van der Waals surface area contributed by atoms with Gasteiger partial charge in [-0.3, -0.25) is 0 Å². The molecule has 80 valence electrons. The van der Waals surface area contributed by atoms with Gasteiger partial charge in [-0.1, -0.05) is 58.0 Å². The Balaban J connectivity index is 0.000000791. The highest BCUT2D eigenvalue weighted by Crippen LogP contribution is 2.22. The van der Waals surface area contributed by atoms with E-state index in [1.165, 1.54) is 5.56 Å². The Bertz CT molecular complexity index is 216. The summed E-state index contributed by atoms with van der Waals surface area (Å²) in [4.78, 5) is 0. The van der Waals surface area contributed by atoms with E-state index in [0.29, 0.717) is 5.92 Å². The first kappa shape index (κ1) is 13.2. The number of hydrogen-bond acceptors (Lipinski definition) is 1. The fourth-order valence-electron chi connectivity index (χ4n) is 1.40. The van der Waals surface area contributed by atoms with E-state index >= 15 is 0 Å². The van der Waals surface area contributed by atoms with Crippen molar-refractivity contribution in [3.8, 4) is 0 Å². The molecule has 0 saturated carbocycles. The van der Waals surface area contributed by atoms with Crippen molar-refractivity contribution < 1.29 is 5.11 Å². The van der Waals surface area contributed by atoms with Gasteiger partial charge in [-0.2, -0.15) is 0 Å². The lowest BCUT2D eigenvalue weighted by Crippen LogP contribution is -2.10. The third-order valence-electron chi connectivity index (χ3n) is 2.23. The molecule has 0 bridgehead atoms. The maximum absolute atomic E-state index is 9.15. The fraction of sp³-hybridized carbons (Fsp3) is 0.538. The Morgan fingerprint density at radius 3 is 1.93 bits per heavy atom. The number of aliphatic hydroxyl groups excluding tert-OH is 1. The zero-order valence-corrected chi connectivity index (χ0v) is 9.70. The van der Waals surface area contributed by atoms with Crippen LogP contribution in [0.4, 0.5) is 0 Å². The first-order valence-electron chi connectivity index (χ1n) is 5.41. The van der Waals surface area contributed by atoms with Gasteiger partial charge in [0.2, 0.25) is 0 Å². The number of benzene rings is 1. The predicted octanol–water partition coefficient (Wildman–Crippen LogP) is 3.44. The van der Waals surface area contributed by atoms with Crippen LogP contribution in [-0.4, -0.2) is 11.7 Å². The highest BCUT2D eigenvalue weighted by Gasteiger charge is 2.13. The molecule has 1 nitrogen and oxygen atoms in total. The molecule has 1 aromatic rings. The maximum atomic E-state index is 9.15. The second kappa shape index (κ2) is 7.57. The van der Waals surface area contributed by atoms with Crippen LogP contribution in [0.1, 0.15) is 39.2 Å². The lowest BCUT2D eigenvalue weighted by Gasteiger charge is -2.18. The van der Waals surface area contributed by atoms with Crippen molar-refractivity contribution in [1.29, 1.82) is 0 Å². The molecule has 0 saturated heterocycles. The van der Waals surface area contributed by atoms with Crippen LogP contribution >= 0.6 is 0 Å². The Kier molecular flexibility index (Phi) is 7.13. The Morgan fingerprint density at radius 2 is 1.57 bits per heavy atom. The average Bonchev–Trinajstić information content (AvgIpc) is 2.23. The van der Waals surface area contributed by atoms with Crippen LogP contribution in [0.15, 0.2) is 30.3 Å². The van der Waals surface area contributed by atoms with Crippen LogP contribution in [0, 0.1) is 5.92 Å². The largest absolute Gasteiger partial charge is 0.396 e. The zero-order valence-electron chi connectivity index (χ0n) is 9.70. The summed E-state index contributed by atoms with van der Waals surface area (Å²) in [6.45, 7) is 8.50. The van der Waals surface area contributed by atoms with Gasteiger partial charge in [-0.25, -0.2) is 0 Å². The van der Waals surface area contributed by atoms with E-state index in [2.05, 4.69) is 26.0 Å². The van der Waals surface area contributed by atoms with Gasteiger partial charge in [-0.05, 0) is 11.5 Å². The fourth-order valence-corrected chi connectivity index (χ4v) is 1.40. The minimum atomic E-state index is 0.238. The van der Waals surface area contributed by atoms with Crippen molar-refractivity contribution in [2.24, 2.45) is 5.92 Å². The summed E-state index contributed by atoms with van der Waals surface area (Å²) in [6, 6.07) is 10.2. The molecule has 1 aromatic carbocycles. The monoisotopic (exact) mass is 194 g/mol. The molecule has 1 atom stereocenters.